The maximum absolute atomic E-state index is 2.34. The summed E-state index contributed by atoms with van der Waals surface area (Å²) in [7, 11) is 0. The molecule has 0 unspecified atom stereocenters. The van der Waals surface area contributed by atoms with E-state index in [9.17, 15) is 0 Å². The van der Waals surface area contributed by atoms with Crippen molar-refractivity contribution in [3.63, 3.8) is 0 Å². The van der Waals surface area contributed by atoms with Gasteiger partial charge < -0.3 is 0 Å². The van der Waals surface area contributed by atoms with Crippen molar-refractivity contribution in [2.24, 2.45) is 0 Å². The first-order valence-electron chi connectivity index (χ1n) is 7.11. The van der Waals surface area contributed by atoms with Crippen molar-refractivity contribution in [2.45, 2.75) is 0 Å². The molecular weight excluding hydrogens is 272 g/mol. The SMILES string of the molecule is c1ccc2cc3cc4c(ccc5sccc54)cc3cc2c1. The van der Waals surface area contributed by atoms with Crippen LogP contribution in [0.2, 0.25) is 0 Å². The minimum Gasteiger partial charge on any atom is -0.144 e. The fraction of sp³-hybridized carbons (Fsp3) is 0. The Morgan fingerprint density at radius 2 is 1.24 bits per heavy atom. The Labute approximate surface area is 126 Å². The number of thiophene rings is 1. The topological polar surface area (TPSA) is 0 Å². The molecule has 21 heavy (non-hydrogen) atoms. The van der Waals surface area contributed by atoms with Crippen molar-refractivity contribution in [1.29, 1.82) is 0 Å². The molecule has 0 amide bonds. The van der Waals surface area contributed by atoms with Crippen molar-refractivity contribution >= 4 is 53.7 Å². The highest BCUT2D eigenvalue weighted by atomic mass is 32.1. The van der Waals surface area contributed by atoms with Crippen molar-refractivity contribution < 1.29 is 0 Å². The highest BCUT2D eigenvalue weighted by molar-refractivity contribution is 7.17. The van der Waals surface area contributed by atoms with Gasteiger partial charge in [0.25, 0.3) is 0 Å². The van der Waals surface area contributed by atoms with Crippen LogP contribution in [0.25, 0.3) is 42.4 Å². The molecule has 0 saturated heterocycles. The molecule has 0 aliphatic rings. The van der Waals surface area contributed by atoms with E-state index in [2.05, 4.69) is 72.1 Å². The van der Waals surface area contributed by atoms with E-state index in [0.29, 0.717) is 0 Å². The Morgan fingerprint density at radius 1 is 0.524 bits per heavy atom. The second-order valence-corrected chi connectivity index (χ2v) is 6.47. The molecule has 0 aliphatic heterocycles. The van der Waals surface area contributed by atoms with Gasteiger partial charge in [0, 0.05) is 10.1 Å². The molecule has 0 bridgehead atoms. The number of hydrogen-bond donors (Lipinski definition) is 0. The summed E-state index contributed by atoms with van der Waals surface area (Å²) in [5.74, 6) is 0. The molecule has 0 radical (unpaired) electrons. The van der Waals surface area contributed by atoms with Gasteiger partial charge in [-0.25, -0.2) is 0 Å². The molecule has 0 saturated carbocycles. The number of fused-ring (bicyclic) bond motifs is 5. The van der Waals surface area contributed by atoms with Gasteiger partial charge in [0.05, 0.1) is 0 Å². The summed E-state index contributed by atoms with van der Waals surface area (Å²) in [5, 5.41) is 11.5. The molecule has 0 aliphatic carbocycles. The highest BCUT2D eigenvalue weighted by Gasteiger charge is 2.04. The van der Waals surface area contributed by atoms with E-state index in [4.69, 9.17) is 0 Å². The van der Waals surface area contributed by atoms with Gasteiger partial charge in [-0.1, -0.05) is 30.3 Å². The van der Waals surface area contributed by atoms with Gasteiger partial charge in [0.15, 0.2) is 0 Å². The van der Waals surface area contributed by atoms with Gasteiger partial charge in [0.1, 0.15) is 0 Å². The zero-order valence-corrected chi connectivity index (χ0v) is 12.2. The number of benzene rings is 4. The molecule has 1 heteroatoms. The molecule has 0 spiro atoms. The molecule has 4 aromatic carbocycles. The zero-order chi connectivity index (χ0) is 13.8. The van der Waals surface area contributed by atoms with E-state index in [1.165, 1.54) is 42.4 Å². The Kier molecular flexibility index (Phi) is 2.18. The third-order valence-electron chi connectivity index (χ3n) is 4.27. The van der Waals surface area contributed by atoms with Crippen LogP contribution in [0, 0.1) is 0 Å². The Bertz CT molecular complexity index is 1130. The molecule has 1 heterocycles. The first-order chi connectivity index (χ1) is 10.4. The van der Waals surface area contributed by atoms with E-state index in [0.717, 1.165) is 0 Å². The fourth-order valence-corrected chi connectivity index (χ4v) is 4.02. The van der Waals surface area contributed by atoms with Gasteiger partial charge in [-0.2, -0.15) is 0 Å². The zero-order valence-electron chi connectivity index (χ0n) is 11.3. The van der Waals surface area contributed by atoms with E-state index in [1.807, 2.05) is 11.3 Å². The normalized spacial score (nSPS) is 11.8. The predicted molar refractivity (Wildman–Crippen MR) is 94.3 cm³/mol. The van der Waals surface area contributed by atoms with Gasteiger partial charge in [-0.3, -0.25) is 0 Å². The van der Waals surface area contributed by atoms with Crippen molar-refractivity contribution in [3.8, 4) is 0 Å². The maximum atomic E-state index is 2.34. The molecule has 0 fully saturated rings. The third-order valence-corrected chi connectivity index (χ3v) is 5.15. The Morgan fingerprint density at radius 3 is 2.05 bits per heavy atom. The smallest absolute Gasteiger partial charge is 0.0349 e. The quantitative estimate of drug-likeness (QED) is 0.290. The minimum absolute atomic E-state index is 1.31. The van der Waals surface area contributed by atoms with Crippen LogP contribution < -0.4 is 0 Å². The van der Waals surface area contributed by atoms with E-state index >= 15 is 0 Å². The summed E-state index contributed by atoms with van der Waals surface area (Å²) in [6.45, 7) is 0. The lowest BCUT2D eigenvalue weighted by Crippen LogP contribution is -1.79. The molecule has 1 aromatic heterocycles. The van der Waals surface area contributed by atoms with Crippen LogP contribution in [0.15, 0.2) is 72.1 Å². The van der Waals surface area contributed by atoms with Crippen LogP contribution >= 0.6 is 11.3 Å². The minimum atomic E-state index is 1.31. The third kappa shape index (κ3) is 1.61. The molecular formula is C20H12S. The molecule has 5 aromatic rings. The fourth-order valence-electron chi connectivity index (χ4n) is 3.22. The summed E-state index contributed by atoms with van der Waals surface area (Å²) >= 11 is 1.81. The van der Waals surface area contributed by atoms with Crippen LogP contribution in [0.3, 0.4) is 0 Å². The van der Waals surface area contributed by atoms with Crippen LogP contribution in [-0.2, 0) is 0 Å². The summed E-state index contributed by atoms with van der Waals surface area (Å²) in [4.78, 5) is 0. The van der Waals surface area contributed by atoms with Crippen LogP contribution in [0.4, 0.5) is 0 Å². The predicted octanol–water partition coefficient (Wildman–Crippen LogP) is 6.36. The van der Waals surface area contributed by atoms with Gasteiger partial charge >= 0.3 is 0 Å². The lowest BCUT2D eigenvalue weighted by atomic mass is 9.98. The number of rotatable bonds is 0. The Balaban J connectivity index is 2.00. The maximum Gasteiger partial charge on any atom is 0.0349 e. The van der Waals surface area contributed by atoms with Gasteiger partial charge in [-0.15, -0.1) is 11.3 Å². The van der Waals surface area contributed by atoms with Gasteiger partial charge in [-0.05, 0) is 74.1 Å². The summed E-state index contributed by atoms with van der Waals surface area (Å²) < 4.78 is 1.36. The standard InChI is InChI=1S/C20H12S/c1-2-4-14-10-17-12-19-15(11-16(17)9-13(14)3-1)5-6-20-18(19)7-8-21-20/h1-12H. The van der Waals surface area contributed by atoms with E-state index in [1.54, 1.807) is 0 Å². The van der Waals surface area contributed by atoms with E-state index in [-0.39, 0.29) is 0 Å². The van der Waals surface area contributed by atoms with Crippen molar-refractivity contribution in [3.05, 3.63) is 72.1 Å². The van der Waals surface area contributed by atoms with Crippen LogP contribution in [-0.4, -0.2) is 0 Å². The second kappa shape index (κ2) is 4.06. The lowest BCUT2D eigenvalue weighted by molar-refractivity contribution is 1.79. The summed E-state index contributed by atoms with van der Waals surface area (Å²) in [5.41, 5.74) is 0. The van der Waals surface area contributed by atoms with Crippen LogP contribution in [0.1, 0.15) is 0 Å². The first-order valence-corrected chi connectivity index (χ1v) is 7.99. The average Bonchev–Trinajstić information content (AvgIpc) is 3.00. The highest BCUT2D eigenvalue weighted by Crippen LogP contribution is 2.33. The second-order valence-electron chi connectivity index (χ2n) is 5.52. The monoisotopic (exact) mass is 284 g/mol. The average molecular weight is 284 g/mol. The Hall–Kier alpha value is -2.38. The molecule has 0 N–H and O–H groups in total. The summed E-state index contributed by atoms with van der Waals surface area (Å²) in [6.07, 6.45) is 0. The van der Waals surface area contributed by atoms with E-state index < -0.39 is 0 Å². The largest absolute Gasteiger partial charge is 0.144 e. The van der Waals surface area contributed by atoms with Gasteiger partial charge in [0.2, 0.25) is 0 Å². The van der Waals surface area contributed by atoms with Crippen molar-refractivity contribution in [2.75, 3.05) is 0 Å². The summed E-state index contributed by atoms with van der Waals surface area (Å²) in [6, 6.07) is 24.5. The number of hydrogen-bond acceptors (Lipinski definition) is 1. The molecule has 5 rings (SSSR count). The van der Waals surface area contributed by atoms with Crippen LogP contribution in [0.5, 0.6) is 0 Å². The molecule has 98 valence electrons. The molecule has 0 atom stereocenters. The first kappa shape index (κ1) is 11.3. The van der Waals surface area contributed by atoms with Crippen molar-refractivity contribution in [1.82, 2.24) is 0 Å². The molecule has 0 nitrogen and oxygen atoms in total. The lowest BCUT2D eigenvalue weighted by Gasteiger charge is -2.06.